The summed E-state index contributed by atoms with van der Waals surface area (Å²) < 4.78 is 5.11. The molecule has 0 fully saturated rings. The molecule has 0 heterocycles. The molecule has 2 rings (SSSR count). The zero-order valence-electron chi connectivity index (χ0n) is 9.08. The van der Waals surface area contributed by atoms with Gasteiger partial charge in [-0.2, -0.15) is 0 Å². The summed E-state index contributed by atoms with van der Waals surface area (Å²) in [7, 11) is 1.70. The number of fused-ring (bicyclic) bond motifs is 1. The highest BCUT2D eigenvalue weighted by Crippen LogP contribution is 2.25. The molecular weight excluding hydrogens is 186 g/mol. The molecule has 2 nitrogen and oxygen atoms in total. The molecule has 0 radical (unpaired) electrons. The van der Waals surface area contributed by atoms with Gasteiger partial charge in [0.05, 0.1) is 6.61 Å². The van der Waals surface area contributed by atoms with Crippen molar-refractivity contribution in [3.05, 3.63) is 41.5 Å². The van der Waals surface area contributed by atoms with E-state index in [9.17, 15) is 0 Å². The largest absolute Gasteiger partial charge is 0.398 e. The predicted molar refractivity (Wildman–Crippen MR) is 63.8 cm³/mol. The average molecular weight is 201 g/mol. The molecule has 0 aliphatic carbocycles. The molecule has 0 saturated heterocycles. The SMILES string of the molecule is COCc1ccc2c(C)ccc(N)c2c1. The molecule has 0 aliphatic rings. The van der Waals surface area contributed by atoms with E-state index < -0.39 is 0 Å². The molecule has 0 saturated carbocycles. The number of benzene rings is 2. The van der Waals surface area contributed by atoms with Gasteiger partial charge in [0, 0.05) is 18.2 Å². The van der Waals surface area contributed by atoms with E-state index in [4.69, 9.17) is 10.5 Å². The van der Waals surface area contributed by atoms with E-state index in [1.165, 1.54) is 10.9 Å². The van der Waals surface area contributed by atoms with Crippen molar-refractivity contribution in [1.29, 1.82) is 0 Å². The van der Waals surface area contributed by atoms with E-state index in [0.717, 1.165) is 16.6 Å². The van der Waals surface area contributed by atoms with Crippen LogP contribution in [0.15, 0.2) is 30.3 Å². The van der Waals surface area contributed by atoms with Gasteiger partial charge in [-0.15, -0.1) is 0 Å². The lowest BCUT2D eigenvalue weighted by Crippen LogP contribution is -1.92. The third kappa shape index (κ3) is 1.81. The first-order chi connectivity index (χ1) is 7.22. The highest BCUT2D eigenvalue weighted by Gasteiger charge is 2.02. The molecule has 0 spiro atoms. The van der Waals surface area contributed by atoms with Gasteiger partial charge in [0.1, 0.15) is 0 Å². The standard InChI is InChI=1S/C13H15NO/c1-9-3-6-13(14)12-7-10(8-15-2)4-5-11(9)12/h3-7H,8,14H2,1-2H3. The number of nitrogen functional groups attached to an aromatic ring is 1. The van der Waals surface area contributed by atoms with Gasteiger partial charge in [-0.25, -0.2) is 0 Å². The maximum atomic E-state index is 5.95. The lowest BCUT2D eigenvalue weighted by atomic mass is 10.0. The van der Waals surface area contributed by atoms with Gasteiger partial charge < -0.3 is 10.5 Å². The van der Waals surface area contributed by atoms with Gasteiger partial charge in [-0.1, -0.05) is 18.2 Å². The van der Waals surface area contributed by atoms with Crippen LogP contribution in [0.1, 0.15) is 11.1 Å². The zero-order chi connectivity index (χ0) is 10.8. The molecule has 2 heteroatoms. The number of methoxy groups -OCH3 is 1. The van der Waals surface area contributed by atoms with Crippen molar-refractivity contribution in [2.75, 3.05) is 12.8 Å². The van der Waals surface area contributed by atoms with Gasteiger partial charge >= 0.3 is 0 Å². The molecule has 0 aliphatic heterocycles. The Labute approximate surface area is 89.7 Å². The summed E-state index contributed by atoms with van der Waals surface area (Å²) in [4.78, 5) is 0. The van der Waals surface area contributed by atoms with Crippen LogP contribution < -0.4 is 5.73 Å². The summed E-state index contributed by atoms with van der Waals surface area (Å²) in [5, 5.41) is 2.33. The van der Waals surface area contributed by atoms with Crippen molar-refractivity contribution in [3.8, 4) is 0 Å². The Bertz CT molecular complexity index is 491. The monoisotopic (exact) mass is 201 g/mol. The topological polar surface area (TPSA) is 35.2 Å². The van der Waals surface area contributed by atoms with E-state index in [1.54, 1.807) is 7.11 Å². The highest BCUT2D eigenvalue weighted by atomic mass is 16.5. The third-order valence-corrected chi connectivity index (χ3v) is 2.64. The fourth-order valence-electron chi connectivity index (χ4n) is 1.82. The van der Waals surface area contributed by atoms with Crippen molar-refractivity contribution in [3.63, 3.8) is 0 Å². The smallest absolute Gasteiger partial charge is 0.0713 e. The second kappa shape index (κ2) is 3.91. The first-order valence-electron chi connectivity index (χ1n) is 4.99. The summed E-state index contributed by atoms with van der Waals surface area (Å²) in [6.07, 6.45) is 0. The van der Waals surface area contributed by atoms with Crippen LogP contribution in [0.25, 0.3) is 10.8 Å². The first-order valence-corrected chi connectivity index (χ1v) is 4.99. The summed E-state index contributed by atoms with van der Waals surface area (Å²) >= 11 is 0. The number of rotatable bonds is 2. The lowest BCUT2D eigenvalue weighted by molar-refractivity contribution is 0.185. The number of hydrogen-bond acceptors (Lipinski definition) is 2. The van der Waals surface area contributed by atoms with E-state index in [-0.39, 0.29) is 0 Å². The molecule has 0 atom stereocenters. The molecule has 0 unspecified atom stereocenters. The van der Waals surface area contributed by atoms with Crippen molar-refractivity contribution in [2.24, 2.45) is 0 Å². The van der Waals surface area contributed by atoms with Crippen molar-refractivity contribution < 1.29 is 4.74 Å². The van der Waals surface area contributed by atoms with Gasteiger partial charge in [-0.3, -0.25) is 0 Å². The van der Waals surface area contributed by atoms with Crippen LogP contribution >= 0.6 is 0 Å². The van der Waals surface area contributed by atoms with Crippen LogP contribution in [0, 0.1) is 6.92 Å². The fraction of sp³-hybridized carbons (Fsp3) is 0.231. The molecule has 0 aromatic heterocycles. The summed E-state index contributed by atoms with van der Waals surface area (Å²) in [5.41, 5.74) is 9.18. The summed E-state index contributed by atoms with van der Waals surface area (Å²) in [6.45, 7) is 2.72. The maximum Gasteiger partial charge on any atom is 0.0713 e. The Morgan fingerprint density at radius 1 is 1.13 bits per heavy atom. The minimum atomic E-state index is 0.628. The first kappa shape index (κ1) is 9.99. The van der Waals surface area contributed by atoms with E-state index in [2.05, 4.69) is 25.1 Å². The summed E-state index contributed by atoms with van der Waals surface area (Å²) in [5.74, 6) is 0. The molecule has 2 aromatic rings. The molecule has 15 heavy (non-hydrogen) atoms. The number of aryl methyl sites for hydroxylation is 1. The molecular formula is C13H15NO. The van der Waals surface area contributed by atoms with Gasteiger partial charge in [-0.05, 0) is 35.6 Å². The fourth-order valence-corrected chi connectivity index (χ4v) is 1.82. The van der Waals surface area contributed by atoms with Crippen LogP contribution in [-0.2, 0) is 11.3 Å². The third-order valence-electron chi connectivity index (χ3n) is 2.64. The summed E-state index contributed by atoms with van der Waals surface area (Å²) in [6, 6.07) is 10.3. The van der Waals surface area contributed by atoms with Crippen molar-refractivity contribution in [2.45, 2.75) is 13.5 Å². The minimum absolute atomic E-state index is 0.628. The molecule has 2 N–H and O–H groups in total. The highest BCUT2D eigenvalue weighted by molar-refractivity contribution is 5.95. The zero-order valence-corrected chi connectivity index (χ0v) is 9.08. The number of hydrogen-bond donors (Lipinski definition) is 1. The van der Waals surface area contributed by atoms with Gasteiger partial charge in [0.15, 0.2) is 0 Å². The second-order valence-electron chi connectivity index (χ2n) is 3.78. The van der Waals surface area contributed by atoms with Gasteiger partial charge in [0.25, 0.3) is 0 Å². The average Bonchev–Trinajstić information content (AvgIpc) is 2.24. The quantitative estimate of drug-likeness (QED) is 0.758. The van der Waals surface area contributed by atoms with E-state index in [0.29, 0.717) is 6.61 Å². The van der Waals surface area contributed by atoms with E-state index in [1.807, 2.05) is 12.1 Å². The molecule has 78 valence electrons. The van der Waals surface area contributed by atoms with Crippen LogP contribution in [0.4, 0.5) is 5.69 Å². The number of ether oxygens (including phenoxy) is 1. The van der Waals surface area contributed by atoms with Crippen LogP contribution in [0.2, 0.25) is 0 Å². The van der Waals surface area contributed by atoms with Crippen LogP contribution in [-0.4, -0.2) is 7.11 Å². The predicted octanol–water partition coefficient (Wildman–Crippen LogP) is 2.88. The van der Waals surface area contributed by atoms with Crippen LogP contribution in [0.5, 0.6) is 0 Å². The molecule has 2 aromatic carbocycles. The Balaban J connectivity index is 2.65. The maximum absolute atomic E-state index is 5.95. The van der Waals surface area contributed by atoms with E-state index >= 15 is 0 Å². The minimum Gasteiger partial charge on any atom is -0.398 e. The second-order valence-corrected chi connectivity index (χ2v) is 3.78. The molecule has 0 amide bonds. The number of anilines is 1. The Morgan fingerprint density at radius 2 is 1.93 bits per heavy atom. The normalized spacial score (nSPS) is 10.8. The lowest BCUT2D eigenvalue weighted by Gasteiger charge is -2.07. The van der Waals surface area contributed by atoms with Crippen LogP contribution in [0.3, 0.4) is 0 Å². The van der Waals surface area contributed by atoms with Crippen molar-refractivity contribution in [1.82, 2.24) is 0 Å². The van der Waals surface area contributed by atoms with Gasteiger partial charge in [0.2, 0.25) is 0 Å². The Hall–Kier alpha value is -1.54. The van der Waals surface area contributed by atoms with Crippen molar-refractivity contribution >= 4 is 16.5 Å². The Kier molecular flexibility index (Phi) is 2.60. The molecule has 0 bridgehead atoms. The Morgan fingerprint density at radius 3 is 2.67 bits per heavy atom. The number of nitrogens with two attached hydrogens (primary N) is 1.